The van der Waals surface area contributed by atoms with Crippen molar-refractivity contribution in [2.24, 2.45) is 7.05 Å². The Labute approximate surface area is 117 Å². The molecule has 0 bridgehead atoms. The number of hydrogen-bond acceptors (Lipinski definition) is 4. The van der Waals surface area contributed by atoms with E-state index in [2.05, 4.69) is 5.32 Å². The maximum Gasteiger partial charge on any atom is 0.263 e. The van der Waals surface area contributed by atoms with Gasteiger partial charge < -0.3 is 19.4 Å². The van der Waals surface area contributed by atoms with E-state index in [0.717, 1.165) is 0 Å². The zero-order valence-corrected chi connectivity index (χ0v) is 11.8. The molecule has 1 fully saturated rings. The third-order valence-corrected chi connectivity index (χ3v) is 3.37. The van der Waals surface area contributed by atoms with Crippen LogP contribution in [0, 0.1) is 0 Å². The summed E-state index contributed by atoms with van der Waals surface area (Å²) in [5, 5.41) is 2.88. The molecule has 1 amide bonds. The third-order valence-electron chi connectivity index (χ3n) is 3.37. The van der Waals surface area contributed by atoms with Crippen LogP contribution in [-0.2, 0) is 16.5 Å². The van der Waals surface area contributed by atoms with Gasteiger partial charge in [0.15, 0.2) is 0 Å². The van der Waals surface area contributed by atoms with Crippen molar-refractivity contribution >= 4 is 5.91 Å². The predicted octanol–water partition coefficient (Wildman–Crippen LogP) is 0.309. The molecule has 1 aliphatic rings. The molecule has 2 rings (SSSR count). The van der Waals surface area contributed by atoms with E-state index >= 15 is 0 Å². The molecule has 1 aromatic rings. The van der Waals surface area contributed by atoms with Crippen LogP contribution in [0.1, 0.15) is 23.7 Å². The minimum Gasteiger partial charge on any atom is -0.379 e. The van der Waals surface area contributed by atoms with Gasteiger partial charge in [-0.2, -0.15) is 0 Å². The van der Waals surface area contributed by atoms with E-state index in [4.69, 9.17) is 9.47 Å². The minimum atomic E-state index is -0.359. The van der Waals surface area contributed by atoms with E-state index in [1.807, 2.05) is 6.92 Å². The summed E-state index contributed by atoms with van der Waals surface area (Å²) in [4.78, 5) is 24.1. The van der Waals surface area contributed by atoms with Crippen molar-refractivity contribution in [2.45, 2.75) is 25.5 Å². The van der Waals surface area contributed by atoms with E-state index in [1.54, 1.807) is 19.3 Å². The molecule has 1 saturated heterocycles. The molecule has 6 heteroatoms. The van der Waals surface area contributed by atoms with Gasteiger partial charge in [-0.25, -0.2) is 0 Å². The largest absolute Gasteiger partial charge is 0.379 e. The van der Waals surface area contributed by atoms with Gasteiger partial charge in [0.05, 0.1) is 12.6 Å². The Morgan fingerprint density at radius 2 is 2.40 bits per heavy atom. The van der Waals surface area contributed by atoms with Crippen LogP contribution in [0.5, 0.6) is 0 Å². The van der Waals surface area contributed by atoms with E-state index in [0.29, 0.717) is 26.2 Å². The molecule has 6 nitrogen and oxygen atoms in total. The van der Waals surface area contributed by atoms with Gasteiger partial charge in [-0.1, -0.05) is 0 Å². The molecule has 0 aromatic carbocycles. The number of carbonyl (C=O) groups is 1. The van der Waals surface area contributed by atoms with Crippen molar-refractivity contribution in [3.05, 3.63) is 34.2 Å². The second kappa shape index (κ2) is 6.67. The quantitative estimate of drug-likeness (QED) is 0.862. The summed E-state index contributed by atoms with van der Waals surface area (Å²) >= 11 is 0. The van der Waals surface area contributed by atoms with E-state index in [9.17, 15) is 9.59 Å². The van der Waals surface area contributed by atoms with Gasteiger partial charge in [0.1, 0.15) is 11.7 Å². The summed E-state index contributed by atoms with van der Waals surface area (Å²) in [6.45, 7) is 3.51. The Hall–Kier alpha value is -1.66. The van der Waals surface area contributed by atoms with E-state index in [-0.39, 0.29) is 29.2 Å². The molecule has 1 aromatic heterocycles. The molecule has 110 valence electrons. The summed E-state index contributed by atoms with van der Waals surface area (Å²) in [6, 6.07) is 3.09. The van der Waals surface area contributed by atoms with Crippen LogP contribution in [0.15, 0.2) is 23.1 Å². The second-order valence-electron chi connectivity index (χ2n) is 4.78. The highest BCUT2D eigenvalue weighted by Gasteiger charge is 2.28. The Balaban J connectivity index is 2.10. The van der Waals surface area contributed by atoms with Crippen LogP contribution < -0.4 is 10.9 Å². The van der Waals surface area contributed by atoms with Crippen LogP contribution in [-0.4, -0.2) is 42.4 Å². The van der Waals surface area contributed by atoms with Gasteiger partial charge in [-0.3, -0.25) is 9.59 Å². The number of rotatable bonds is 4. The Kier molecular flexibility index (Phi) is 4.92. The summed E-state index contributed by atoms with van der Waals surface area (Å²) in [6.07, 6.45) is 2.14. The molecular formula is C14H20N2O4. The number of nitrogens with zero attached hydrogens (tertiary/aromatic N) is 1. The third kappa shape index (κ3) is 3.26. The molecule has 2 heterocycles. The lowest BCUT2D eigenvalue weighted by molar-refractivity contribution is -0.0632. The van der Waals surface area contributed by atoms with E-state index in [1.165, 1.54) is 10.6 Å². The summed E-state index contributed by atoms with van der Waals surface area (Å²) < 4.78 is 12.3. The van der Waals surface area contributed by atoms with Gasteiger partial charge in [-0.05, 0) is 25.5 Å². The number of aryl methyl sites for hydroxylation is 1. The number of hydrogen-bond donors (Lipinski definition) is 1. The Morgan fingerprint density at radius 3 is 3.15 bits per heavy atom. The molecule has 20 heavy (non-hydrogen) atoms. The number of nitrogens with one attached hydrogen (secondary N) is 1. The van der Waals surface area contributed by atoms with Gasteiger partial charge in [0, 0.05) is 26.5 Å². The van der Waals surface area contributed by atoms with Gasteiger partial charge in [-0.15, -0.1) is 0 Å². The number of carbonyl (C=O) groups excluding carboxylic acids is 1. The second-order valence-corrected chi connectivity index (χ2v) is 4.78. The van der Waals surface area contributed by atoms with Crippen LogP contribution in [0.25, 0.3) is 0 Å². The lowest BCUT2D eigenvalue weighted by Gasteiger charge is -2.31. The fraction of sp³-hybridized carbons (Fsp3) is 0.571. The van der Waals surface area contributed by atoms with Gasteiger partial charge in [0.2, 0.25) is 0 Å². The lowest BCUT2D eigenvalue weighted by atomic mass is 10.1. The maximum atomic E-state index is 12.2. The zero-order chi connectivity index (χ0) is 14.5. The molecule has 0 radical (unpaired) electrons. The average molecular weight is 280 g/mol. The predicted molar refractivity (Wildman–Crippen MR) is 73.8 cm³/mol. The summed E-state index contributed by atoms with van der Waals surface area (Å²) in [7, 11) is 1.62. The summed E-state index contributed by atoms with van der Waals surface area (Å²) in [5.74, 6) is -0.359. The van der Waals surface area contributed by atoms with Crippen molar-refractivity contribution in [3.63, 3.8) is 0 Å². The van der Waals surface area contributed by atoms with Gasteiger partial charge >= 0.3 is 0 Å². The van der Waals surface area contributed by atoms with Crippen LogP contribution in [0.3, 0.4) is 0 Å². The van der Waals surface area contributed by atoms with Crippen LogP contribution in [0.4, 0.5) is 0 Å². The van der Waals surface area contributed by atoms with Crippen molar-refractivity contribution in [1.82, 2.24) is 9.88 Å². The molecule has 1 N–H and O–H groups in total. The molecule has 0 saturated carbocycles. The summed E-state index contributed by atoms with van der Waals surface area (Å²) in [5.41, 5.74) is -0.151. The number of pyridine rings is 1. The van der Waals surface area contributed by atoms with Crippen molar-refractivity contribution < 1.29 is 14.3 Å². The van der Waals surface area contributed by atoms with Crippen molar-refractivity contribution in [1.29, 1.82) is 0 Å². The van der Waals surface area contributed by atoms with Crippen molar-refractivity contribution in [3.8, 4) is 0 Å². The topological polar surface area (TPSA) is 69.6 Å². The monoisotopic (exact) mass is 280 g/mol. The first-order valence-electron chi connectivity index (χ1n) is 6.79. The highest BCUT2D eigenvalue weighted by Crippen LogP contribution is 2.12. The van der Waals surface area contributed by atoms with Crippen LogP contribution >= 0.6 is 0 Å². The zero-order valence-electron chi connectivity index (χ0n) is 11.8. The molecular weight excluding hydrogens is 260 g/mol. The smallest absolute Gasteiger partial charge is 0.263 e. The first-order valence-corrected chi connectivity index (χ1v) is 6.79. The molecule has 2 atom stereocenters. The van der Waals surface area contributed by atoms with E-state index < -0.39 is 0 Å². The number of aromatic nitrogens is 1. The first kappa shape index (κ1) is 14.7. The number of ether oxygens (including phenoxy) is 2. The Morgan fingerprint density at radius 1 is 1.60 bits per heavy atom. The fourth-order valence-corrected chi connectivity index (χ4v) is 2.27. The SMILES string of the molecule is CCO[C@@H]1COCC[C@H]1NC(=O)c1cccn(C)c1=O. The lowest BCUT2D eigenvalue weighted by Crippen LogP contribution is -2.50. The van der Waals surface area contributed by atoms with Gasteiger partial charge in [0.25, 0.3) is 11.5 Å². The van der Waals surface area contributed by atoms with Crippen molar-refractivity contribution in [2.75, 3.05) is 19.8 Å². The molecule has 0 aliphatic carbocycles. The number of amides is 1. The van der Waals surface area contributed by atoms with Crippen LogP contribution in [0.2, 0.25) is 0 Å². The highest BCUT2D eigenvalue weighted by atomic mass is 16.5. The molecule has 1 aliphatic heterocycles. The molecule has 0 unspecified atom stereocenters. The standard InChI is InChI=1S/C14H20N2O4/c1-3-20-12-9-19-8-6-11(12)15-13(17)10-5-4-7-16(2)14(10)18/h4-5,7,11-12H,3,6,8-9H2,1-2H3,(H,15,17)/t11-,12-/m1/s1. The maximum absolute atomic E-state index is 12.2. The Bertz CT molecular complexity index is 524. The average Bonchev–Trinajstić information content (AvgIpc) is 2.44. The minimum absolute atomic E-state index is 0.124. The first-order chi connectivity index (χ1) is 9.63. The normalized spacial score (nSPS) is 22.5. The fourth-order valence-electron chi connectivity index (χ4n) is 2.27. The highest BCUT2D eigenvalue weighted by molar-refractivity contribution is 5.94. The molecule has 0 spiro atoms.